The van der Waals surface area contributed by atoms with Crippen molar-refractivity contribution in [3.63, 3.8) is 0 Å². The average molecular weight is 435 g/mol. The maximum Gasteiger partial charge on any atom is 0.274 e. The molecule has 0 unspecified atom stereocenters. The van der Waals surface area contributed by atoms with Gasteiger partial charge in [0.05, 0.1) is 15.5 Å². The van der Waals surface area contributed by atoms with Crippen molar-refractivity contribution in [2.24, 2.45) is 0 Å². The summed E-state index contributed by atoms with van der Waals surface area (Å²) in [5.41, 5.74) is 1.36. The summed E-state index contributed by atoms with van der Waals surface area (Å²) in [6.45, 7) is 2.40. The number of piperazine rings is 1. The molecular formula is C19H19FN4O3S2. The van der Waals surface area contributed by atoms with E-state index in [0.29, 0.717) is 5.69 Å². The van der Waals surface area contributed by atoms with Crippen molar-refractivity contribution < 1.29 is 17.6 Å². The fourth-order valence-corrected chi connectivity index (χ4v) is 5.41. The van der Waals surface area contributed by atoms with Gasteiger partial charge in [0.2, 0.25) is 10.0 Å². The van der Waals surface area contributed by atoms with Gasteiger partial charge < -0.3 is 4.90 Å². The van der Waals surface area contributed by atoms with Crippen LogP contribution < -0.4 is 0 Å². The molecule has 0 aliphatic carbocycles. The molecule has 1 fully saturated rings. The molecule has 2 aromatic heterocycles. The van der Waals surface area contributed by atoms with Crippen LogP contribution in [0.15, 0.2) is 46.7 Å². The maximum absolute atomic E-state index is 13.5. The van der Waals surface area contributed by atoms with Gasteiger partial charge in [-0.3, -0.25) is 9.89 Å². The Kier molecular flexibility index (Phi) is 5.24. The van der Waals surface area contributed by atoms with Gasteiger partial charge in [-0.25, -0.2) is 12.8 Å². The van der Waals surface area contributed by atoms with Crippen molar-refractivity contribution in [3.8, 4) is 10.6 Å². The first-order valence-electron chi connectivity index (χ1n) is 9.01. The first-order valence-corrected chi connectivity index (χ1v) is 11.3. The van der Waals surface area contributed by atoms with E-state index in [2.05, 4.69) is 10.2 Å². The minimum absolute atomic E-state index is 0.0593. The van der Waals surface area contributed by atoms with E-state index in [-0.39, 0.29) is 42.5 Å². The second kappa shape index (κ2) is 7.69. The molecule has 7 nitrogen and oxygen atoms in total. The Bertz CT molecular complexity index is 1130. The van der Waals surface area contributed by atoms with E-state index in [1.54, 1.807) is 22.3 Å². The molecule has 1 amide bonds. The molecule has 3 heterocycles. The number of nitrogens with one attached hydrogen (secondary N) is 1. The molecule has 3 aromatic rings. The number of amides is 1. The van der Waals surface area contributed by atoms with E-state index in [1.807, 2.05) is 17.5 Å². The second-order valence-electron chi connectivity index (χ2n) is 6.75. The zero-order valence-corrected chi connectivity index (χ0v) is 17.3. The van der Waals surface area contributed by atoms with Crippen molar-refractivity contribution in [1.29, 1.82) is 0 Å². The minimum atomic E-state index is -3.73. The summed E-state index contributed by atoms with van der Waals surface area (Å²) >= 11 is 1.55. The van der Waals surface area contributed by atoms with E-state index in [1.165, 1.54) is 23.4 Å². The SMILES string of the molecule is Cc1cc(S(=O)(=O)N2CCN(C(=O)c3cc(-c4cccs4)[nH]n3)CC2)ccc1F. The van der Waals surface area contributed by atoms with Gasteiger partial charge in [-0.15, -0.1) is 11.3 Å². The summed E-state index contributed by atoms with van der Waals surface area (Å²) in [4.78, 5) is 15.4. The molecule has 1 aromatic carbocycles. The van der Waals surface area contributed by atoms with Crippen molar-refractivity contribution in [2.75, 3.05) is 26.2 Å². The number of nitrogens with zero attached hydrogens (tertiary/aromatic N) is 3. The number of H-pyrrole nitrogens is 1. The zero-order valence-electron chi connectivity index (χ0n) is 15.6. The van der Waals surface area contributed by atoms with Crippen LogP contribution in [0, 0.1) is 12.7 Å². The van der Waals surface area contributed by atoms with Crippen molar-refractivity contribution in [1.82, 2.24) is 19.4 Å². The number of rotatable bonds is 4. The summed E-state index contributed by atoms with van der Waals surface area (Å²) in [6.07, 6.45) is 0. The van der Waals surface area contributed by atoms with Crippen LogP contribution >= 0.6 is 11.3 Å². The van der Waals surface area contributed by atoms with Gasteiger partial charge in [0.25, 0.3) is 5.91 Å². The van der Waals surface area contributed by atoms with Crippen LogP contribution in [0.2, 0.25) is 0 Å². The van der Waals surface area contributed by atoms with Crippen LogP contribution in [0.1, 0.15) is 16.1 Å². The number of carbonyl (C=O) groups excluding carboxylic acids is 1. The molecule has 29 heavy (non-hydrogen) atoms. The van der Waals surface area contributed by atoms with Crippen LogP contribution in [0.4, 0.5) is 4.39 Å². The summed E-state index contributed by atoms with van der Waals surface area (Å²) in [7, 11) is -3.73. The molecule has 0 saturated carbocycles. The molecule has 0 atom stereocenters. The fourth-order valence-electron chi connectivity index (χ4n) is 3.21. The number of thiophene rings is 1. The van der Waals surface area contributed by atoms with Gasteiger partial charge in [0.1, 0.15) is 5.82 Å². The molecule has 0 bridgehead atoms. The van der Waals surface area contributed by atoms with E-state index in [0.717, 1.165) is 16.6 Å². The van der Waals surface area contributed by atoms with Crippen LogP contribution in [0.5, 0.6) is 0 Å². The molecule has 1 N–H and O–H groups in total. The Balaban J connectivity index is 1.43. The maximum atomic E-state index is 13.5. The fraction of sp³-hybridized carbons (Fsp3) is 0.263. The number of sulfonamides is 1. The Morgan fingerprint density at radius 1 is 1.17 bits per heavy atom. The van der Waals surface area contributed by atoms with Gasteiger partial charge in [-0.2, -0.15) is 9.40 Å². The van der Waals surface area contributed by atoms with Crippen molar-refractivity contribution in [3.05, 3.63) is 58.9 Å². The first-order chi connectivity index (χ1) is 13.9. The average Bonchev–Trinajstić information content (AvgIpc) is 3.41. The van der Waals surface area contributed by atoms with E-state index in [4.69, 9.17) is 0 Å². The lowest BCUT2D eigenvalue weighted by Crippen LogP contribution is -2.50. The number of aromatic nitrogens is 2. The molecule has 0 radical (unpaired) electrons. The van der Waals surface area contributed by atoms with Gasteiger partial charge >= 0.3 is 0 Å². The van der Waals surface area contributed by atoms with E-state index < -0.39 is 15.8 Å². The largest absolute Gasteiger partial charge is 0.335 e. The van der Waals surface area contributed by atoms with Gasteiger partial charge in [0, 0.05) is 26.2 Å². The monoisotopic (exact) mass is 434 g/mol. The van der Waals surface area contributed by atoms with Gasteiger partial charge in [-0.1, -0.05) is 6.07 Å². The smallest absolute Gasteiger partial charge is 0.274 e. The second-order valence-corrected chi connectivity index (χ2v) is 9.64. The Hall–Kier alpha value is -2.56. The highest BCUT2D eigenvalue weighted by atomic mass is 32.2. The third-order valence-electron chi connectivity index (χ3n) is 4.88. The number of halogens is 1. The molecular weight excluding hydrogens is 415 g/mol. The Labute approximate surface area is 171 Å². The number of hydrogen-bond donors (Lipinski definition) is 1. The molecule has 0 spiro atoms. The van der Waals surface area contributed by atoms with Crippen molar-refractivity contribution >= 4 is 27.3 Å². The molecule has 1 aliphatic rings. The standard InChI is InChI=1S/C19H19FN4O3S2/c1-13-11-14(4-5-15(13)20)29(26,27)24-8-6-23(7-9-24)19(25)17-12-16(21-22-17)18-3-2-10-28-18/h2-5,10-12H,6-9H2,1H3,(H,21,22). The summed E-state index contributed by atoms with van der Waals surface area (Å²) in [5, 5.41) is 8.92. The normalized spacial score (nSPS) is 15.6. The number of carbonyl (C=O) groups is 1. The lowest BCUT2D eigenvalue weighted by Gasteiger charge is -2.33. The number of aryl methyl sites for hydroxylation is 1. The Morgan fingerprint density at radius 3 is 2.59 bits per heavy atom. The number of aromatic amines is 1. The van der Waals surface area contributed by atoms with Crippen LogP contribution in [-0.2, 0) is 10.0 Å². The first kappa shape index (κ1) is 19.7. The number of hydrogen-bond acceptors (Lipinski definition) is 5. The van der Waals surface area contributed by atoms with Crippen LogP contribution in [-0.4, -0.2) is 59.9 Å². The van der Waals surface area contributed by atoms with E-state index >= 15 is 0 Å². The van der Waals surface area contributed by atoms with Gasteiger partial charge in [-0.05, 0) is 48.2 Å². The van der Waals surface area contributed by atoms with Crippen LogP contribution in [0.25, 0.3) is 10.6 Å². The highest BCUT2D eigenvalue weighted by Crippen LogP contribution is 2.24. The third-order valence-corrected chi connectivity index (χ3v) is 7.67. The van der Waals surface area contributed by atoms with Crippen molar-refractivity contribution in [2.45, 2.75) is 11.8 Å². The van der Waals surface area contributed by atoms with Gasteiger partial charge in [0.15, 0.2) is 5.69 Å². The van der Waals surface area contributed by atoms with Crippen LogP contribution in [0.3, 0.4) is 0 Å². The highest BCUT2D eigenvalue weighted by molar-refractivity contribution is 7.89. The Morgan fingerprint density at radius 2 is 1.93 bits per heavy atom. The minimum Gasteiger partial charge on any atom is -0.335 e. The third kappa shape index (κ3) is 3.83. The summed E-state index contributed by atoms with van der Waals surface area (Å²) < 4.78 is 40.4. The topological polar surface area (TPSA) is 86.4 Å². The summed E-state index contributed by atoms with van der Waals surface area (Å²) in [5.74, 6) is -0.681. The molecule has 1 aliphatic heterocycles. The lowest BCUT2D eigenvalue weighted by molar-refractivity contribution is 0.0692. The quantitative estimate of drug-likeness (QED) is 0.684. The molecule has 152 valence electrons. The molecule has 10 heteroatoms. The zero-order chi connectivity index (χ0) is 20.6. The predicted molar refractivity (Wildman–Crippen MR) is 108 cm³/mol. The lowest BCUT2D eigenvalue weighted by atomic mass is 10.2. The van der Waals surface area contributed by atoms with E-state index in [9.17, 15) is 17.6 Å². The number of benzene rings is 1. The summed E-state index contributed by atoms with van der Waals surface area (Å²) in [6, 6.07) is 9.32. The molecule has 4 rings (SSSR count). The highest BCUT2D eigenvalue weighted by Gasteiger charge is 2.31. The predicted octanol–water partition coefficient (Wildman–Crippen LogP) is 2.73. The molecule has 1 saturated heterocycles.